The Morgan fingerprint density at radius 1 is 1.37 bits per heavy atom. The van der Waals surface area contributed by atoms with Crippen molar-refractivity contribution in [2.24, 2.45) is 10.8 Å². The Balaban J connectivity index is 1.83. The summed E-state index contributed by atoms with van der Waals surface area (Å²) in [6, 6.07) is 2.68. The van der Waals surface area contributed by atoms with Gasteiger partial charge in [-0.2, -0.15) is 23.5 Å². The van der Waals surface area contributed by atoms with Gasteiger partial charge in [-0.05, 0) is 13.3 Å². The number of allylic oxidation sites excluding steroid dienone is 1. The van der Waals surface area contributed by atoms with Gasteiger partial charge in [0.2, 0.25) is 0 Å². The van der Waals surface area contributed by atoms with Crippen LogP contribution in [0.3, 0.4) is 0 Å². The highest BCUT2D eigenvalue weighted by Crippen LogP contribution is 2.48. The van der Waals surface area contributed by atoms with Crippen molar-refractivity contribution in [3.8, 4) is 6.07 Å². The van der Waals surface area contributed by atoms with E-state index >= 15 is 0 Å². The van der Waals surface area contributed by atoms with Crippen LogP contribution in [-0.2, 0) is 17.5 Å². The lowest BCUT2D eigenvalue weighted by Gasteiger charge is -2.53. The summed E-state index contributed by atoms with van der Waals surface area (Å²) in [4.78, 5) is 26.4. The zero-order valence-electron chi connectivity index (χ0n) is 15.2. The predicted molar refractivity (Wildman–Crippen MR) is 88.3 cm³/mol. The van der Waals surface area contributed by atoms with Gasteiger partial charge in [0.25, 0.3) is 5.91 Å². The normalized spacial score (nSPS) is 20.9. The van der Waals surface area contributed by atoms with Crippen molar-refractivity contribution in [3.05, 3.63) is 29.1 Å². The topological polar surface area (TPSA) is 79.0 Å². The molecule has 0 unspecified atom stereocenters. The van der Waals surface area contributed by atoms with Gasteiger partial charge in [0.05, 0.1) is 5.57 Å². The third-order valence-corrected chi connectivity index (χ3v) is 5.11. The molecule has 27 heavy (non-hydrogen) atoms. The molecule has 1 spiro atoms. The molecule has 0 bridgehead atoms. The van der Waals surface area contributed by atoms with E-state index in [1.165, 1.54) is 4.90 Å². The van der Waals surface area contributed by atoms with Gasteiger partial charge in [-0.25, -0.2) is 0 Å². The van der Waals surface area contributed by atoms with Crippen LogP contribution in [0.2, 0.25) is 0 Å². The van der Waals surface area contributed by atoms with Crippen molar-refractivity contribution < 1.29 is 22.8 Å². The highest BCUT2D eigenvalue weighted by atomic mass is 19.4. The van der Waals surface area contributed by atoms with Gasteiger partial charge in [-0.3, -0.25) is 14.3 Å². The van der Waals surface area contributed by atoms with E-state index in [1.807, 2.05) is 6.07 Å². The SMILES string of the molecule is CCn1nc(C(F)(F)F)cc1C(=O)N1CC2(C=C(C#N)C(=O)C(C)(C)C2)C1. The molecule has 1 amide bonds. The zero-order chi connectivity index (χ0) is 20.2. The number of carbonyl (C=O) groups is 2. The maximum atomic E-state index is 12.9. The number of rotatable bonds is 2. The second-order valence-electron chi connectivity index (χ2n) is 7.81. The largest absolute Gasteiger partial charge is 0.435 e. The minimum Gasteiger partial charge on any atom is -0.335 e. The van der Waals surface area contributed by atoms with Crippen LogP contribution in [0.5, 0.6) is 0 Å². The number of hydrogen-bond donors (Lipinski definition) is 0. The first-order chi connectivity index (χ1) is 12.4. The molecule has 6 nitrogen and oxygen atoms in total. The number of nitrogens with zero attached hydrogens (tertiary/aromatic N) is 4. The molecular formula is C18H19F3N4O2. The van der Waals surface area contributed by atoms with Crippen molar-refractivity contribution in [2.45, 2.75) is 39.9 Å². The lowest BCUT2D eigenvalue weighted by molar-refractivity contribution is -0.141. The third kappa shape index (κ3) is 3.13. The first-order valence-corrected chi connectivity index (χ1v) is 8.54. The Hall–Kier alpha value is -2.63. The first-order valence-electron chi connectivity index (χ1n) is 8.54. The predicted octanol–water partition coefficient (Wildman–Crippen LogP) is 2.81. The molecular weight excluding hydrogens is 361 g/mol. The van der Waals surface area contributed by atoms with E-state index in [-0.39, 0.29) is 36.7 Å². The summed E-state index contributed by atoms with van der Waals surface area (Å²) in [5, 5.41) is 12.7. The van der Waals surface area contributed by atoms with Gasteiger partial charge in [0.15, 0.2) is 11.5 Å². The fourth-order valence-electron chi connectivity index (χ4n) is 4.02. The lowest BCUT2D eigenvalue weighted by Crippen LogP contribution is -2.61. The maximum Gasteiger partial charge on any atom is 0.435 e. The van der Waals surface area contributed by atoms with Crippen LogP contribution in [0.1, 0.15) is 43.4 Å². The number of carbonyl (C=O) groups excluding carboxylic acids is 2. The number of aryl methyl sites for hydroxylation is 1. The van der Waals surface area contributed by atoms with E-state index in [2.05, 4.69) is 5.10 Å². The van der Waals surface area contributed by atoms with Crippen LogP contribution in [0.25, 0.3) is 0 Å². The fourth-order valence-corrected chi connectivity index (χ4v) is 4.02. The van der Waals surface area contributed by atoms with Crippen molar-refractivity contribution >= 4 is 11.7 Å². The Kier molecular flexibility index (Phi) is 4.21. The average molecular weight is 380 g/mol. The van der Waals surface area contributed by atoms with E-state index in [4.69, 9.17) is 0 Å². The number of nitriles is 1. The van der Waals surface area contributed by atoms with Gasteiger partial charge in [0.1, 0.15) is 11.8 Å². The van der Waals surface area contributed by atoms with Crippen molar-refractivity contribution in [3.63, 3.8) is 0 Å². The van der Waals surface area contributed by atoms with Crippen molar-refractivity contribution in [2.75, 3.05) is 13.1 Å². The molecule has 2 aliphatic rings. The van der Waals surface area contributed by atoms with E-state index in [0.29, 0.717) is 6.42 Å². The molecule has 1 saturated heterocycles. The van der Waals surface area contributed by atoms with Crippen LogP contribution in [0, 0.1) is 22.2 Å². The number of amides is 1. The summed E-state index contributed by atoms with van der Waals surface area (Å²) in [5.74, 6) is -0.758. The van der Waals surface area contributed by atoms with Gasteiger partial charge in [-0.1, -0.05) is 19.9 Å². The summed E-state index contributed by atoms with van der Waals surface area (Å²) in [7, 11) is 0. The number of ketones is 1. The average Bonchev–Trinajstić information content (AvgIpc) is 2.99. The molecule has 0 aromatic carbocycles. The summed E-state index contributed by atoms with van der Waals surface area (Å²) in [6.45, 7) is 5.77. The summed E-state index contributed by atoms with van der Waals surface area (Å²) < 4.78 is 39.7. The molecule has 2 heterocycles. The first kappa shape index (κ1) is 19.1. The molecule has 9 heteroatoms. The van der Waals surface area contributed by atoms with Crippen LogP contribution < -0.4 is 0 Å². The minimum absolute atomic E-state index is 0.0799. The molecule has 0 radical (unpaired) electrons. The molecule has 0 N–H and O–H groups in total. The molecule has 1 aliphatic heterocycles. The van der Waals surface area contributed by atoms with Crippen LogP contribution in [-0.4, -0.2) is 39.5 Å². The van der Waals surface area contributed by atoms with Gasteiger partial charge in [0, 0.05) is 36.5 Å². The Labute approximate surface area is 154 Å². The number of aromatic nitrogens is 2. The highest BCUT2D eigenvalue weighted by Gasteiger charge is 2.52. The zero-order valence-corrected chi connectivity index (χ0v) is 15.2. The number of alkyl halides is 3. The molecule has 0 atom stereocenters. The summed E-state index contributed by atoms with van der Waals surface area (Å²) in [5.41, 5.74) is -2.35. The molecule has 0 saturated carbocycles. The Morgan fingerprint density at radius 3 is 2.52 bits per heavy atom. The van der Waals surface area contributed by atoms with Gasteiger partial charge < -0.3 is 4.90 Å². The fraction of sp³-hybridized carbons (Fsp3) is 0.556. The number of hydrogen-bond acceptors (Lipinski definition) is 4. The van der Waals surface area contributed by atoms with E-state index < -0.39 is 28.6 Å². The van der Waals surface area contributed by atoms with Gasteiger partial charge >= 0.3 is 6.18 Å². The number of Topliss-reactive ketones (excluding diaryl/α,β-unsaturated/α-hetero) is 1. The lowest BCUT2D eigenvalue weighted by atomic mass is 9.61. The second kappa shape index (κ2) is 5.94. The van der Waals surface area contributed by atoms with Crippen LogP contribution in [0.4, 0.5) is 13.2 Å². The van der Waals surface area contributed by atoms with Crippen molar-refractivity contribution in [1.29, 1.82) is 5.26 Å². The van der Waals surface area contributed by atoms with E-state index in [1.54, 1.807) is 26.8 Å². The monoisotopic (exact) mass is 380 g/mol. The molecule has 3 rings (SSSR count). The second-order valence-corrected chi connectivity index (χ2v) is 7.81. The molecule has 144 valence electrons. The standard InChI is InChI=1S/C18H19F3N4O2/c1-4-25-12(5-13(23-25)18(19,20)21)15(27)24-9-17(10-24)6-11(7-22)14(26)16(2,3)8-17/h5-6H,4,8-10H2,1-3H3. The molecule has 1 aliphatic carbocycles. The Bertz CT molecular complexity index is 883. The van der Waals surface area contributed by atoms with E-state index in [9.17, 15) is 28.0 Å². The quantitative estimate of drug-likeness (QED) is 0.790. The summed E-state index contributed by atoms with van der Waals surface area (Å²) in [6.07, 6.45) is -2.53. The van der Waals surface area contributed by atoms with Crippen LogP contribution >= 0.6 is 0 Å². The van der Waals surface area contributed by atoms with Crippen LogP contribution in [0.15, 0.2) is 17.7 Å². The van der Waals surface area contributed by atoms with Crippen molar-refractivity contribution in [1.82, 2.24) is 14.7 Å². The minimum atomic E-state index is -4.62. The van der Waals surface area contributed by atoms with E-state index in [0.717, 1.165) is 10.7 Å². The van der Waals surface area contributed by atoms with Gasteiger partial charge in [-0.15, -0.1) is 0 Å². The Morgan fingerprint density at radius 2 is 2.00 bits per heavy atom. The summed E-state index contributed by atoms with van der Waals surface area (Å²) >= 11 is 0. The molecule has 1 aromatic heterocycles. The maximum absolute atomic E-state index is 12.9. The third-order valence-electron chi connectivity index (χ3n) is 5.11. The number of halogens is 3. The highest BCUT2D eigenvalue weighted by molar-refractivity contribution is 6.04. The molecule has 1 aromatic rings. The smallest absolute Gasteiger partial charge is 0.335 e. The molecule has 1 fully saturated rings. The number of likely N-dealkylation sites (tertiary alicyclic amines) is 1.